The zero-order valence-electron chi connectivity index (χ0n) is 15.3. The van der Waals surface area contributed by atoms with Crippen molar-refractivity contribution in [3.8, 4) is 0 Å². The van der Waals surface area contributed by atoms with Crippen LogP contribution in [0.3, 0.4) is 0 Å². The van der Waals surface area contributed by atoms with Crippen molar-refractivity contribution >= 4 is 16.8 Å². The molecule has 1 aromatic heterocycles. The lowest BCUT2D eigenvalue weighted by molar-refractivity contribution is -0.0478. The predicted octanol–water partition coefficient (Wildman–Crippen LogP) is 2.58. The van der Waals surface area contributed by atoms with Crippen molar-refractivity contribution in [1.29, 1.82) is 0 Å². The van der Waals surface area contributed by atoms with Crippen molar-refractivity contribution < 1.29 is 9.90 Å². The van der Waals surface area contributed by atoms with Gasteiger partial charge in [-0.05, 0) is 30.5 Å². The molecule has 0 spiro atoms. The number of nitrogens with one attached hydrogen (secondary N) is 1. The number of carbonyl (C=O) groups is 1. The molecular formula is C22H21N3O3. The lowest BCUT2D eigenvalue weighted by Gasteiger charge is -2.44. The van der Waals surface area contributed by atoms with E-state index in [0.29, 0.717) is 29.3 Å². The maximum absolute atomic E-state index is 13.4. The summed E-state index contributed by atoms with van der Waals surface area (Å²) >= 11 is 0. The number of aromatic nitrogens is 2. The largest absolute Gasteiger partial charge is 0.385 e. The summed E-state index contributed by atoms with van der Waals surface area (Å²) in [5.74, 6) is -0.147. The third-order valence-corrected chi connectivity index (χ3v) is 6.21. The SMILES string of the molecule is O=C(c1cccc2nc[nH]c(=O)c12)N1C2CCC1CC(O)(c1ccccc1)C2. The Labute approximate surface area is 161 Å². The van der Waals surface area contributed by atoms with Crippen molar-refractivity contribution in [1.82, 2.24) is 14.9 Å². The van der Waals surface area contributed by atoms with Crippen molar-refractivity contribution in [3.05, 3.63) is 76.3 Å². The van der Waals surface area contributed by atoms with Crippen LogP contribution in [-0.4, -0.2) is 38.0 Å². The average Bonchev–Trinajstić information content (AvgIpc) is 3.00. The number of benzene rings is 2. The van der Waals surface area contributed by atoms with E-state index < -0.39 is 5.60 Å². The highest BCUT2D eigenvalue weighted by Crippen LogP contribution is 2.46. The van der Waals surface area contributed by atoms with Gasteiger partial charge < -0.3 is 15.0 Å². The zero-order valence-corrected chi connectivity index (χ0v) is 15.3. The maximum atomic E-state index is 13.4. The fourth-order valence-corrected chi connectivity index (χ4v) is 4.98. The zero-order chi connectivity index (χ0) is 19.3. The number of carbonyl (C=O) groups excluding carboxylic acids is 1. The number of H-pyrrole nitrogens is 1. The van der Waals surface area contributed by atoms with Crippen LogP contribution in [0, 0.1) is 0 Å². The first-order valence-corrected chi connectivity index (χ1v) is 9.64. The first-order chi connectivity index (χ1) is 13.6. The third kappa shape index (κ3) is 2.56. The molecule has 3 aromatic rings. The number of piperidine rings is 1. The van der Waals surface area contributed by atoms with Gasteiger partial charge in [0.2, 0.25) is 0 Å². The first kappa shape index (κ1) is 17.1. The topological polar surface area (TPSA) is 86.3 Å². The Morgan fingerprint density at radius 2 is 1.79 bits per heavy atom. The molecule has 2 N–H and O–H groups in total. The van der Waals surface area contributed by atoms with Crippen LogP contribution in [-0.2, 0) is 5.60 Å². The summed E-state index contributed by atoms with van der Waals surface area (Å²) in [6.45, 7) is 0. The van der Waals surface area contributed by atoms with Gasteiger partial charge in [0.15, 0.2) is 0 Å². The molecule has 0 saturated carbocycles. The minimum atomic E-state index is -0.915. The number of rotatable bonds is 2. The van der Waals surface area contributed by atoms with Gasteiger partial charge in [0.1, 0.15) is 0 Å². The van der Waals surface area contributed by atoms with Gasteiger partial charge in [-0.1, -0.05) is 36.4 Å². The lowest BCUT2D eigenvalue weighted by Crippen LogP contribution is -2.52. The van der Waals surface area contributed by atoms with Gasteiger partial charge in [0.05, 0.1) is 28.4 Å². The Balaban J connectivity index is 1.51. The van der Waals surface area contributed by atoms with Crippen molar-refractivity contribution in [2.75, 3.05) is 0 Å². The van der Waals surface area contributed by atoms with E-state index >= 15 is 0 Å². The molecular weight excluding hydrogens is 354 g/mol. The predicted molar refractivity (Wildman–Crippen MR) is 105 cm³/mol. The summed E-state index contributed by atoms with van der Waals surface area (Å²) < 4.78 is 0. The molecule has 2 aliphatic heterocycles. The van der Waals surface area contributed by atoms with Crippen LogP contribution in [0.2, 0.25) is 0 Å². The molecule has 6 heteroatoms. The van der Waals surface area contributed by atoms with Gasteiger partial charge in [-0.15, -0.1) is 0 Å². The van der Waals surface area contributed by atoms with Gasteiger partial charge >= 0.3 is 0 Å². The molecule has 2 unspecified atom stereocenters. The quantitative estimate of drug-likeness (QED) is 0.721. The summed E-state index contributed by atoms with van der Waals surface area (Å²) in [6.07, 6.45) is 4.11. The molecule has 5 rings (SSSR count). The molecule has 1 amide bonds. The Bertz CT molecular complexity index is 1090. The fourth-order valence-electron chi connectivity index (χ4n) is 4.98. The molecule has 142 valence electrons. The Morgan fingerprint density at radius 1 is 1.07 bits per heavy atom. The molecule has 3 heterocycles. The second-order valence-electron chi connectivity index (χ2n) is 7.83. The van der Waals surface area contributed by atoms with E-state index in [1.807, 2.05) is 35.2 Å². The van der Waals surface area contributed by atoms with E-state index in [9.17, 15) is 14.7 Å². The van der Waals surface area contributed by atoms with Crippen molar-refractivity contribution in [2.24, 2.45) is 0 Å². The van der Waals surface area contributed by atoms with Crippen LogP contribution in [0.25, 0.3) is 10.9 Å². The second kappa shape index (κ2) is 6.27. The normalized spacial score (nSPS) is 26.5. The summed E-state index contributed by atoms with van der Waals surface area (Å²) in [6, 6.07) is 14.8. The molecule has 28 heavy (non-hydrogen) atoms. The molecule has 2 aliphatic rings. The molecule has 2 bridgehead atoms. The number of aromatic amines is 1. The van der Waals surface area contributed by atoms with Crippen molar-refractivity contribution in [3.63, 3.8) is 0 Å². The van der Waals surface area contributed by atoms with Gasteiger partial charge in [-0.2, -0.15) is 0 Å². The molecule has 0 radical (unpaired) electrons. The van der Waals surface area contributed by atoms with Crippen LogP contribution in [0.5, 0.6) is 0 Å². The molecule has 2 aromatic carbocycles. The average molecular weight is 375 g/mol. The Kier molecular flexibility index (Phi) is 3.84. The minimum Gasteiger partial charge on any atom is -0.385 e. The molecule has 6 nitrogen and oxygen atoms in total. The highest BCUT2D eigenvalue weighted by molar-refractivity contribution is 6.06. The number of fused-ring (bicyclic) bond motifs is 3. The molecule has 2 fully saturated rings. The van der Waals surface area contributed by atoms with Gasteiger partial charge in [0.25, 0.3) is 11.5 Å². The summed E-state index contributed by atoms with van der Waals surface area (Å²) in [4.78, 5) is 34.4. The molecule has 2 atom stereocenters. The van der Waals surface area contributed by atoms with Crippen molar-refractivity contribution in [2.45, 2.75) is 43.4 Å². The van der Waals surface area contributed by atoms with E-state index in [2.05, 4.69) is 9.97 Å². The van der Waals surface area contributed by atoms with Gasteiger partial charge in [-0.25, -0.2) is 4.98 Å². The number of hydrogen-bond donors (Lipinski definition) is 2. The maximum Gasteiger partial charge on any atom is 0.259 e. The van der Waals surface area contributed by atoms with E-state index in [1.165, 1.54) is 6.33 Å². The van der Waals surface area contributed by atoms with E-state index in [4.69, 9.17) is 0 Å². The van der Waals surface area contributed by atoms with Gasteiger partial charge in [-0.3, -0.25) is 9.59 Å². The first-order valence-electron chi connectivity index (χ1n) is 9.64. The van der Waals surface area contributed by atoms with Crippen LogP contribution >= 0.6 is 0 Å². The summed E-state index contributed by atoms with van der Waals surface area (Å²) in [5, 5.41) is 11.6. The number of nitrogens with zero attached hydrogens (tertiary/aromatic N) is 2. The Morgan fingerprint density at radius 3 is 2.50 bits per heavy atom. The summed E-state index contributed by atoms with van der Waals surface area (Å²) in [5.41, 5.74) is 0.583. The number of aliphatic hydroxyl groups is 1. The standard InChI is InChI=1S/C22H21N3O3/c26-20-19-17(7-4-8-18(19)23-13-24-20)21(27)25-15-9-10-16(25)12-22(28,11-15)14-5-2-1-3-6-14/h1-8,13,15-16,28H,9-12H2,(H,23,24,26). The van der Waals surface area contributed by atoms with Gasteiger partial charge in [0, 0.05) is 24.9 Å². The van der Waals surface area contributed by atoms with Crippen LogP contribution in [0.15, 0.2) is 59.7 Å². The van der Waals surface area contributed by atoms with Crippen LogP contribution < -0.4 is 5.56 Å². The third-order valence-electron chi connectivity index (χ3n) is 6.21. The van der Waals surface area contributed by atoms with Crippen LogP contribution in [0.4, 0.5) is 0 Å². The van der Waals surface area contributed by atoms with E-state index in [1.54, 1.807) is 18.2 Å². The van der Waals surface area contributed by atoms with E-state index in [0.717, 1.165) is 18.4 Å². The minimum absolute atomic E-state index is 0.0394. The smallest absolute Gasteiger partial charge is 0.259 e. The number of amides is 1. The molecule has 0 aliphatic carbocycles. The highest BCUT2D eigenvalue weighted by atomic mass is 16.3. The highest BCUT2D eigenvalue weighted by Gasteiger charge is 2.50. The summed E-state index contributed by atoms with van der Waals surface area (Å²) in [7, 11) is 0. The number of hydrogen-bond acceptors (Lipinski definition) is 4. The lowest BCUT2D eigenvalue weighted by atomic mass is 9.80. The monoisotopic (exact) mass is 375 g/mol. The fraction of sp³-hybridized carbons (Fsp3) is 0.318. The Hall–Kier alpha value is -2.99. The van der Waals surface area contributed by atoms with Crippen LogP contribution in [0.1, 0.15) is 41.6 Å². The second-order valence-corrected chi connectivity index (χ2v) is 7.83. The molecule has 2 saturated heterocycles. The van der Waals surface area contributed by atoms with E-state index in [-0.39, 0.29) is 23.6 Å².